The molecule has 0 saturated heterocycles. The molecule has 0 amide bonds. The Bertz CT molecular complexity index is 67.2. The summed E-state index contributed by atoms with van der Waals surface area (Å²) in [5.74, 6) is 0. The normalized spacial score (nSPS) is 14.3. The van der Waals surface area contributed by atoms with E-state index >= 15 is 0 Å². The molecule has 0 radical (unpaired) electrons. The van der Waals surface area contributed by atoms with E-state index in [1.165, 1.54) is 7.11 Å². The Hall–Kier alpha value is -0.250. The van der Waals surface area contributed by atoms with Crippen molar-refractivity contribution in [3.05, 3.63) is 0 Å². The Morgan fingerprint density at radius 3 is 2.22 bits per heavy atom. The number of ether oxygens (including phenoxy) is 1. The smallest absolute Gasteiger partial charge is 0.269 e. The Kier molecular flexibility index (Phi) is 4.48. The molecular formula is C5H9F3O. The number of hydrogen-bond acceptors (Lipinski definition) is 1. The Morgan fingerprint density at radius 1 is 1.33 bits per heavy atom. The monoisotopic (exact) mass is 142 g/mol. The molecule has 0 heterocycles. The first-order valence-electron chi connectivity index (χ1n) is 2.59. The highest BCUT2D eigenvalue weighted by molar-refractivity contribution is 4.56. The maximum atomic E-state index is 11.9. The van der Waals surface area contributed by atoms with Crippen molar-refractivity contribution in [2.24, 2.45) is 0 Å². The van der Waals surface area contributed by atoms with Crippen LogP contribution in [0.25, 0.3) is 0 Å². The van der Waals surface area contributed by atoms with E-state index in [0.29, 0.717) is 0 Å². The highest BCUT2D eigenvalue weighted by atomic mass is 19.3. The zero-order valence-electron chi connectivity index (χ0n) is 5.11. The molecule has 0 aromatic heterocycles. The maximum absolute atomic E-state index is 11.9. The number of halogens is 3. The van der Waals surface area contributed by atoms with Crippen LogP contribution in [0.5, 0.6) is 0 Å². The van der Waals surface area contributed by atoms with Crippen molar-refractivity contribution in [2.45, 2.75) is 19.0 Å². The number of rotatable bonds is 4. The molecule has 0 aromatic carbocycles. The van der Waals surface area contributed by atoms with Gasteiger partial charge in [0.15, 0.2) is 6.17 Å². The van der Waals surface area contributed by atoms with Crippen LogP contribution in [0.1, 0.15) is 6.42 Å². The SMILES string of the molecule is COCCC(F)C(F)F. The molecule has 9 heavy (non-hydrogen) atoms. The second kappa shape index (κ2) is 4.61. The summed E-state index contributed by atoms with van der Waals surface area (Å²) in [6.45, 7) is 0.0471. The molecule has 56 valence electrons. The van der Waals surface area contributed by atoms with Crippen LogP contribution in [-0.4, -0.2) is 26.3 Å². The molecule has 1 nitrogen and oxygen atoms in total. The molecule has 0 bridgehead atoms. The van der Waals surface area contributed by atoms with Crippen LogP contribution < -0.4 is 0 Å². The van der Waals surface area contributed by atoms with E-state index in [9.17, 15) is 13.2 Å². The van der Waals surface area contributed by atoms with Crippen molar-refractivity contribution in [1.82, 2.24) is 0 Å². The molecule has 0 aromatic rings. The standard InChI is InChI=1S/C5H9F3O/c1-9-3-2-4(6)5(7)8/h4-5H,2-3H2,1H3. The minimum atomic E-state index is -2.87. The quantitative estimate of drug-likeness (QED) is 0.579. The highest BCUT2D eigenvalue weighted by Crippen LogP contribution is 2.08. The molecule has 0 fully saturated rings. The summed E-state index contributed by atoms with van der Waals surface area (Å²) in [5, 5.41) is 0. The minimum Gasteiger partial charge on any atom is -0.385 e. The summed E-state index contributed by atoms with van der Waals surface area (Å²) in [4.78, 5) is 0. The fourth-order valence-corrected chi connectivity index (χ4v) is 0.356. The van der Waals surface area contributed by atoms with Crippen molar-refractivity contribution in [2.75, 3.05) is 13.7 Å². The first-order chi connectivity index (χ1) is 4.18. The fraction of sp³-hybridized carbons (Fsp3) is 1.00. The lowest BCUT2D eigenvalue weighted by atomic mass is 10.3. The van der Waals surface area contributed by atoms with Gasteiger partial charge in [-0.1, -0.05) is 0 Å². The summed E-state index contributed by atoms with van der Waals surface area (Å²) in [6, 6.07) is 0. The highest BCUT2D eigenvalue weighted by Gasteiger charge is 2.17. The number of methoxy groups -OCH3 is 1. The lowest BCUT2D eigenvalue weighted by Gasteiger charge is -2.03. The molecule has 0 rings (SSSR count). The summed E-state index contributed by atoms with van der Waals surface area (Å²) < 4.78 is 38.9. The first-order valence-corrected chi connectivity index (χ1v) is 2.59. The molecule has 0 aliphatic carbocycles. The van der Waals surface area contributed by atoms with Gasteiger partial charge in [-0.15, -0.1) is 0 Å². The largest absolute Gasteiger partial charge is 0.385 e. The zero-order valence-corrected chi connectivity index (χ0v) is 5.11. The van der Waals surface area contributed by atoms with Crippen molar-refractivity contribution in [3.63, 3.8) is 0 Å². The van der Waals surface area contributed by atoms with E-state index in [1.807, 2.05) is 0 Å². The van der Waals surface area contributed by atoms with Gasteiger partial charge >= 0.3 is 0 Å². The van der Waals surface area contributed by atoms with Gasteiger partial charge in [-0.2, -0.15) is 0 Å². The van der Waals surface area contributed by atoms with Gasteiger partial charge in [0.1, 0.15) is 0 Å². The third-order valence-electron chi connectivity index (χ3n) is 0.871. The molecule has 0 saturated carbocycles. The lowest BCUT2D eigenvalue weighted by molar-refractivity contribution is 0.0305. The van der Waals surface area contributed by atoms with Gasteiger partial charge in [0.2, 0.25) is 0 Å². The van der Waals surface area contributed by atoms with Gasteiger partial charge in [0.05, 0.1) is 0 Å². The first kappa shape index (κ1) is 8.75. The number of alkyl halides is 3. The lowest BCUT2D eigenvalue weighted by Crippen LogP contribution is -2.13. The third kappa shape index (κ3) is 4.27. The van der Waals surface area contributed by atoms with Crippen molar-refractivity contribution >= 4 is 0 Å². The van der Waals surface area contributed by atoms with Crippen LogP contribution in [0.15, 0.2) is 0 Å². The van der Waals surface area contributed by atoms with Crippen molar-refractivity contribution in [1.29, 1.82) is 0 Å². The summed E-state index contributed by atoms with van der Waals surface area (Å²) in [7, 11) is 1.35. The molecule has 0 aliphatic rings. The molecular weight excluding hydrogens is 133 g/mol. The molecule has 0 spiro atoms. The average Bonchev–Trinajstić information content (AvgIpc) is 1.82. The molecule has 0 N–H and O–H groups in total. The Morgan fingerprint density at radius 2 is 1.89 bits per heavy atom. The van der Waals surface area contributed by atoms with E-state index in [1.54, 1.807) is 0 Å². The van der Waals surface area contributed by atoms with Crippen LogP contribution in [0.3, 0.4) is 0 Å². The summed E-state index contributed by atoms with van der Waals surface area (Å²) in [6.07, 6.45) is -5.14. The molecule has 4 heteroatoms. The van der Waals surface area contributed by atoms with Gasteiger partial charge in [0, 0.05) is 20.1 Å². The fourth-order valence-electron chi connectivity index (χ4n) is 0.356. The Labute approximate surface area is 51.8 Å². The minimum absolute atomic E-state index is 0.0471. The van der Waals surface area contributed by atoms with Gasteiger partial charge in [-0.25, -0.2) is 13.2 Å². The van der Waals surface area contributed by atoms with Gasteiger partial charge < -0.3 is 4.74 Å². The maximum Gasteiger partial charge on any atom is 0.269 e. The van der Waals surface area contributed by atoms with E-state index in [4.69, 9.17) is 0 Å². The van der Waals surface area contributed by atoms with Crippen molar-refractivity contribution in [3.8, 4) is 0 Å². The zero-order chi connectivity index (χ0) is 7.28. The predicted molar refractivity (Wildman–Crippen MR) is 27.4 cm³/mol. The van der Waals surface area contributed by atoms with Gasteiger partial charge in [0.25, 0.3) is 6.43 Å². The van der Waals surface area contributed by atoms with Crippen LogP contribution in [0.2, 0.25) is 0 Å². The molecule has 0 aliphatic heterocycles. The second-order valence-electron chi connectivity index (χ2n) is 1.63. The Balaban J connectivity index is 3.16. The predicted octanol–water partition coefficient (Wildman–Crippen LogP) is 1.63. The second-order valence-corrected chi connectivity index (χ2v) is 1.63. The van der Waals surface area contributed by atoms with Crippen LogP contribution in [0.4, 0.5) is 13.2 Å². The van der Waals surface area contributed by atoms with Gasteiger partial charge in [-0.3, -0.25) is 0 Å². The summed E-state index contributed by atoms with van der Waals surface area (Å²) in [5.41, 5.74) is 0. The van der Waals surface area contributed by atoms with E-state index in [0.717, 1.165) is 0 Å². The molecule has 1 atom stereocenters. The topological polar surface area (TPSA) is 9.23 Å². The molecule has 1 unspecified atom stereocenters. The third-order valence-corrected chi connectivity index (χ3v) is 0.871. The average molecular weight is 142 g/mol. The van der Waals surface area contributed by atoms with Crippen molar-refractivity contribution < 1.29 is 17.9 Å². The van der Waals surface area contributed by atoms with Gasteiger partial charge in [-0.05, 0) is 0 Å². The number of hydrogen-bond donors (Lipinski definition) is 0. The van der Waals surface area contributed by atoms with E-state index in [2.05, 4.69) is 4.74 Å². The van der Waals surface area contributed by atoms with Crippen LogP contribution in [-0.2, 0) is 4.74 Å². The van der Waals surface area contributed by atoms with E-state index in [-0.39, 0.29) is 13.0 Å². The van der Waals surface area contributed by atoms with E-state index < -0.39 is 12.6 Å². The summed E-state index contributed by atoms with van der Waals surface area (Å²) >= 11 is 0. The van der Waals surface area contributed by atoms with Crippen LogP contribution in [0, 0.1) is 0 Å². The van der Waals surface area contributed by atoms with Crippen LogP contribution >= 0.6 is 0 Å².